The van der Waals surface area contributed by atoms with Crippen LogP contribution in [0.1, 0.15) is 104 Å². The number of aliphatic imine (C=N–C) groups is 1. The molecule has 0 saturated heterocycles. The zero-order valence-corrected chi connectivity index (χ0v) is 29.4. The summed E-state index contributed by atoms with van der Waals surface area (Å²) in [6.07, 6.45) is 0.0169. The number of anilines is 1. The fourth-order valence-corrected chi connectivity index (χ4v) is 6.48. The van der Waals surface area contributed by atoms with Gasteiger partial charge in [0.2, 0.25) is 0 Å². The molecule has 1 N–H and O–H groups in total. The molecule has 246 valence electrons. The van der Waals surface area contributed by atoms with E-state index in [9.17, 15) is 7.85 Å². The first kappa shape index (κ1) is 29.4. The van der Waals surface area contributed by atoms with Gasteiger partial charge in [-0.3, -0.25) is 4.99 Å². The van der Waals surface area contributed by atoms with Crippen LogP contribution < -0.4 is 9.64 Å². The number of rotatable bonds is 4. The van der Waals surface area contributed by atoms with E-state index in [-0.39, 0.29) is 34.0 Å². The molecule has 5 aromatic rings. The summed E-state index contributed by atoms with van der Waals surface area (Å²) < 4.78 is 25.2. The molecule has 7 rings (SSSR count). The molecule has 0 radical (unpaired) electrons. The second-order valence-electron chi connectivity index (χ2n) is 16.2. The highest BCUT2D eigenvalue weighted by Crippen LogP contribution is 2.46. The molecule has 2 aliphatic rings. The van der Waals surface area contributed by atoms with Gasteiger partial charge in [-0.2, -0.15) is 4.98 Å². The third-order valence-electron chi connectivity index (χ3n) is 9.39. The van der Waals surface area contributed by atoms with Gasteiger partial charge in [0.25, 0.3) is 0 Å². The predicted octanol–water partition coefficient (Wildman–Crippen LogP) is 9.95. The molecule has 2 atom stereocenters. The number of amidine groups is 1. The Morgan fingerprint density at radius 2 is 1.46 bits per heavy atom. The number of phenols is 1. The highest BCUT2D eigenvalue weighted by Gasteiger charge is 2.44. The second kappa shape index (κ2) is 11.2. The zero-order valence-electron chi connectivity index (χ0n) is 31.4. The Hall–Kier alpha value is -4.71. The van der Waals surface area contributed by atoms with Crippen LogP contribution in [0.15, 0.2) is 90.1 Å². The van der Waals surface area contributed by atoms with Gasteiger partial charge in [-0.1, -0.05) is 105 Å². The molecule has 48 heavy (non-hydrogen) atoms. The van der Waals surface area contributed by atoms with E-state index in [0.29, 0.717) is 22.7 Å². The molecule has 0 fully saturated rings. The van der Waals surface area contributed by atoms with Crippen LogP contribution in [0.3, 0.4) is 0 Å². The summed E-state index contributed by atoms with van der Waals surface area (Å²) in [5.74, 6) is 1.27. The van der Waals surface area contributed by atoms with Crippen molar-refractivity contribution in [2.75, 3.05) is 4.90 Å². The van der Waals surface area contributed by atoms with Crippen LogP contribution in [0.25, 0.3) is 10.9 Å². The Morgan fingerprint density at radius 3 is 2.15 bits per heavy atom. The molecule has 4 aromatic carbocycles. The number of hydrogen-bond donors (Lipinski definition) is 1. The van der Waals surface area contributed by atoms with Gasteiger partial charge < -0.3 is 14.7 Å². The maximum Gasteiger partial charge on any atom is 0.322 e. The van der Waals surface area contributed by atoms with Crippen molar-refractivity contribution in [1.82, 2.24) is 9.97 Å². The third kappa shape index (κ3) is 5.82. The van der Waals surface area contributed by atoms with Gasteiger partial charge in [0, 0.05) is 25.6 Å². The zero-order chi connectivity index (χ0) is 36.0. The summed E-state index contributed by atoms with van der Waals surface area (Å²) >= 11 is 0. The van der Waals surface area contributed by atoms with Crippen LogP contribution in [0.2, 0.25) is 0 Å². The molecule has 0 unspecified atom stereocenters. The first-order chi connectivity index (χ1) is 23.3. The van der Waals surface area contributed by atoms with Gasteiger partial charge >= 0.3 is 6.01 Å². The fraction of sp³-hybridized carbons (Fsp3) is 0.357. The molecular formula is C42H46N4O2. The minimum atomic E-state index is -1.66. The Balaban J connectivity index is 1.33. The standard InChI is InChI=1S/C42H46N4O2/c1-40(2,3)28-17-27-24-43-39(45-36(27)35(47)23-28)48-32-15-12-14-26(18-32)38-44-37-33-16-11-10-13-25(33)19-34(37)46(38)31-21-29(41(4,5)6)20-30(22-31)42(7,8)9/h10-18,20-24,34,37,47H,19H2,1-9H3/t34-,37+/m1/s1/i19D2. The third-order valence-corrected chi connectivity index (χ3v) is 9.39. The average molecular weight is 641 g/mol. The SMILES string of the molecule is [2H]C1([2H])c2ccccc2[C@@H]2N=C(c3cccc(Oc4ncc5cc(C(C)(C)C)cc(O)c5n4)c3)N(c3cc(C(C)(C)C)cc(C(C)(C)C)c3)[C@@H]21. The lowest BCUT2D eigenvalue weighted by Gasteiger charge is -2.32. The van der Waals surface area contributed by atoms with Crippen molar-refractivity contribution in [2.45, 2.75) is 97.0 Å². The van der Waals surface area contributed by atoms with Crippen LogP contribution in [-0.4, -0.2) is 27.0 Å². The number of nitrogens with zero attached hydrogens (tertiary/aromatic N) is 4. The lowest BCUT2D eigenvalue weighted by Crippen LogP contribution is -2.38. The molecule has 1 aliphatic heterocycles. The Kier molecular flexibility index (Phi) is 6.86. The van der Waals surface area contributed by atoms with E-state index in [4.69, 9.17) is 9.73 Å². The highest BCUT2D eigenvalue weighted by molar-refractivity contribution is 6.12. The van der Waals surface area contributed by atoms with Crippen molar-refractivity contribution in [3.05, 3.63) is 118 Å². The fourth-order valence-electron chi connectivity index (χ4n) is 6.48. The van der Waals surface area contributed by atoms with E-state index in [2.05, 4.69) is 95.4 Å². The summed E-state index contributed by atoms with van der Waals surface area (Å²) in [7, 11) is 0. The van der Waals surface area contributed by atoms with Crippen LogP contribution >= 0.6 is 0 Å². The molecule has 0 amide bonds. The molecule has 0 saturated carbocycles. The topological polar surface area (TPSA) is 70.8 Å². The monoisotopic (exact) mass is 640 g/mol. The van der Waals surface area contributed by atoms with Gasteiger partial charge in [-0.05, 0) is 86.8 Å². The second-order valence-corrected chi connectivity index (χ2v) is 16.2. The molecule has 1 aromatic heterocycles. The Morgan fingerprint density at radius 1 is 0.792 bits per heavy atom. The number of benzene rings is 4. The van der Waals surface area contributed by atoms with Gasteiger partial charge in [0.05, 0.1) is 12.1 Å². The first-order valence-corrected chi connectivity index (χ1v) is 16.7. The minimum absolute atomic E-state index is 0.0811. The number of aromatic nitrogens is 2. The number of phenolic OH excluding ortho intramolecular Hbond substituents is 1. The molecule has 1 aliphatic carbocycles. The highest BCUT2D eigenvalue weighted by atomic mass is 16.5. The van der Waals surface area contributed by atoms with Crippen molar-refractivity contribution in [3.8, 4) is 17.5 Å². The van der Waals surface area contributed by atoms with E-state index in [0.717, 1.165) is 27.8 Å². The molecule has 6 nitrogen and oxygen atoms in total. The van der Waals surface area contributed by atoms with Crippen LogP contribution in [-0.2, 0) is 22.6 Å². The van der Waals surface area contributed by atoms with Crippen LogP contribution in [0.5, 0.6) is 17.5 Å². The lowest BCUT2D eigenvalue weighted by atomic mass is 9.80. The summed E-state index contributed by atoms with van der Waals surface area (Å²) in [4.78, 5) is 16.5. The molecule has 2 heterocycles. The van der Waals surface area contributed by atoms with E-state index in [1.807, 2.05) is 54.6 Å². The number of ether oxygens (including phenoxy) is 1. The van der Waals surface area contributed by atoms with E-state index in [1.54, 1.807) is 12.3 Å². The van der Waals surface area contributed by atoms with Crippen molar-refractivity contribution in [3.63, 3.8) is 0 Å². The Labute approximate surface area is 287 Å². The summed E-state index contributed by atoms with van der Waals surface area (Å²) in [5.41, 5.74) is 6.71. The van der Waals surface area contributed by atoms with Crippen LogP contribution in [0, 0.1) is 0 Å². The van der Waals surface area contributed by atoms with Gasteiger partial charge in [0.1, 0.15) is 22.9 Å². The van der Waals surface area contributed by atoms with E-state index in [1.165, 1.54) is 11.1 Å². The quantitative estimate of drug-likeness (QED) is 0.212. The molecule has 0 bridgehead atoms. The molecular weight excluding hydrogens is 592 g/mol. The Bertz CT molecular complexity index is 2140. The number of fused-ring (bicyclic) bond motifs is 4. The van der Waals surface area contributed by atoms with Gasteiger partial charge in [0.15, 0.2) is 0 Å². The maximum atomic E-state index is 10.9. The normalized spacial score (nSPS) is 19.4. The predicted molar refractivity (Wildman–Crippen MR) is 196 cm³/mol. The minimum Gasteiger partial charge on any atom is -0.506 e. The summed E-state index contributed by atoms with van der Waals surface area (Å²) in [5, 5.41) is 11.6. The number of aromatic hydroxyl groups is 1. The smallest absolute Gasteiger partial charge is 0.322 e. The lowest BCUT2D eigenvalue weighted by molar-refractivity contribution is 0.441. The van der Waals surface area contributed by atoms with Crippen molar-refractivity contribution in [1.29, 1.82) is 0 Å². The molecule has 0 spiro atoms. The van der Waals surface area contributed by atoms with Gasteiger partial charge in [-0.25, -0.2) is 4.98 Å². The molecule has 6 heteroatoms. The van der Waals surface area contributed by atoms with Crippen molar-refractivity contribution in [2.24, 2.45) is 4.99 Å². The number of hydrogen-bond acceptors (Lipinski definition) is 6. The van der Waals surface area contributed by atoms with Crippen LogP contribution in [0.4, 0.5) is 5.69 Å². The van der Waals surface area contributed by atoms with Crippen molar-refractivity contribution < 1.29 is 12.6 Å². The maximum absolute atomic E-state index is 10.9. The first-order valence-electron chi connectivity index (χ1n) is 17.7. The average Bonchev–Trinajstić information content (AvgIpc) is 3.54. The van der Waals surface area contributed by atoms with E-state index < -0.39 is 12.4 Å². The van der Waals surface area contributed by atoms with Crippen molar-refractivity contribution >= 4 is 22.4 Å². The van der Waals surface area contributed by atoms with E-state index >= 15 is 0 Å². The summed E-state index contributed by atoms with van der Waals surface area (Å²) in [6, 6.07) is 25.0. The largest absolute Gasteiger partial charge is 0.506 e. The summed E-state index contributed by atoms with van der Waals surface area (Å²) in [6.45, 7) is 19.6. The van der Waals surface area contributed by atoms with Gasteiger partial charge in [-0.15, -0.1) is 0 Å².